The van der Waals surface area contributed by atoms with E-state index in [1.165, 1.54) is 0 Å². The van der Waals surface area contributed by atoms with Crippen LogP contribution >= 0.6 is 0 Å². The van der Waals surface area contributed by atoms with Gasteiger partial charge in [0.2, 0.25) is 0 Å². The quantitative estimate of drug-likeness (QED) is 0.649. The van der Waals surface area contributed by atoms with Crippen molar-refractivity contribution >= 4 is 17.0 Å². The third kappa shape index (κ3) is 3.83. The first kappa shape index (κ1) is 17.5. The number of fused-ring (bicyclic) bond motifs is 1. The number of anilines is 1. The molecule has 0 spiro atoms. The van der Waals surface area contributed by atoms with Crippen LogP contribution in [0, 0.1) is 0 Å². The van der Waals surface area contributed by atoms with Crippen molar-refractivity contribution < 1.29 is 9.67 Å². The summed E-state index contributed by atoms with van der Waals surface area (Å²) in [5, 5.41) is 10.6. The van der Waals surface area contributed by atoms with Crippen LogP contribution < -0.4 is 10.3 Å². The van der Waals surface area contributed by atoms with E-state index in [9.17, 15) is 5.11 Å². The molecule has 0 aliphatic heterocycles. The maximum absolute atomic E-state index is 10.6. The smallest absolute Gasteiger partial charge is 0.356 e. The lowest BCUT2D eigenvalue weighted by Gasteiger charge is -2.11. The van der Waals surface area contributed by atoms with Gasteiger partial charge in [0.15, 0.2) is 0 Å². The van der Waals surface area contributed by atoms with E-state index in [2.05, 4.69) is 35.7 Å². The lowest BCUT2D eigenvalue weighted by atomic mass is 10.1. The van der Waals surface area contributed by atoms with Gasteiger partial charge in [-0.2, -0.15) is 0 Å². The van der Waals surface area contributed by atoms with Crippen LogP contribution in [0.2, 0.25) is 0 Å². The van der Waals surface area contributed by atoms with Gasteiger partial charge in [-0.15, -0.1) is 0 Å². The zero-order valence-electron chi connectivity index (χ0n) is 15.0. The molecule has 0 aliphatic rings. The molecule has 5 heteroatoms. The molecule has 0 radical (unpaired) electrons. The first-order valence-corrected chi connectivity index (χ1v) is 8.72. The zero-order valence-corrected chi connectivity index (χ0v) is 15.0. The van der Waals surface area contributed by atoms with E-state index >= 15 is 0 Å². The van der Waals surface area contributed by atoms with Gasteiger partial charge >= 0.3 is 5.95 Å². The molecule has 5 nitrogen and oxygen atoms in total. The van der Waals surface area contributed by atoms with Gasteiger partial charge in [0.1, 0.15) is 23.7 Å². The van der Waals surface area contributed by atoms with Crippen molar-refractivity contribution in [2.75, 3.05) is 26.4 Å². The summed E-state index contributed by atoms with van der Waals surface area (Å²) in [7, 11) is 4.15. The van der Waals surface area contributed by atoms with Gasteiger partial charge in [0, 0.05) is 6.54 Å². The second-order valence-electron chi connectivity index (χ2n) is 6.69. The fourth-order valence-electron chi connectivity index (χ4n) is 3.24. The Hall–Kier alpha value is -2.37. The Balaban J connectivity index is 1.91. The fraction of sp³-hybridized carbons (Fsp3) is 0.350. The van der Waals surface area contributed by atoms with Gasteiger partial charge < -0.3 is 10.0 Å². The van der Waals surface area contributed by atoms with Gasteiger partial charge in [0.05, 0.1) is 6.54 Å². The van der Waals surface area contributed by atoms with Crippen LogP contribution in [0.3, 0.4) is 0 Å². The summed E-state index contributed by atoms with van der Waals surface area (Å²) in [6.45, 7) is 2.31. The van der Waals surface area contributed by atoms with Crippen LogP contribution in [0.4, 0.5) is 5.95 Å². The average molecular weight is 339 g/mol. The van der Waals surface area contributed by atoms with Crippen LogP contribution in [0.15, 0.2) is 54.6 Å². The highest BCUT2D eigenvalue weighted by Crippen LogP contribution is 2.19. The van der Waals surface area contributed by atoms with E-state index < -0.39 is 6.10 Å². The van der Waals surface area contributed by atoms with E-state index in [1.807, 2.05) is 47.0 Å². The number of aromatic nitrogens is 2. The number of nitrogen functional groups attached to an aromatic ring is 1. The summed E-state index contributed by atoms with van der Waals surface area (Å²) in [4.78, 5) is 2.18. The van der Waals surface area contributed by atoms with Crippen molar-refractivity contribution in [2.24, 2.45) is 0 Å². The molecular weight excluding hydrogens is 312 g/mol. The lowest BCUT2D eigenvalue weighted by molar-refractivity contribution is -0.666. The molecule has 3 aromatic rings. The van der Waals surface area contributed by atoms with Crippen molar-refractivity contribution in [1.82, 2.24) is 9.47 Å². The Labute approximate surface area is 148 Å². The van der Waals surface area contributed by atoms with Crippen molar-refractivity contribution in [2.45, 2.75) is 25.6 Å². The second kappa shape index (κ2) is 7.68. The summed E-state index contributed by atoms with van der Waals surface area (Å²) in [6, 6.07) is 17.9. The van der Waals surface area contributed by atoms with Gasteiger partial charge in [-0.25, -0.2) is 9.13 Å². The number of nitrogens with zero attached hydrogens (tertiary/aromatic N) is 3. The molecule has 0 saturated heterocycles. The Morgan fingerprint density at radius 3 is 2.48 bits per heavy atom. The highest BCUT2D eigenvalue weighted by molar-refractivity contribution is 5.73. The Morgan fingerprint density at radius 2 is 1.76 bits per heavy atom. The van der Waals surface area contributed by atoms with Crippen molar-refractivity contribution in [3.63, 3.8) is 0 Å². The van der Waals surface area contributed by atoms with Crippen LogP contribution in [-0.2, 0) is 13.1 Å². The van der Waals surface area contributed by atoms with Gasteiger partial charge in [-0.3, -0.25) is 5.73 Å². The molecule has 3 rings (SSSR count). The van der Waals surface area contributed by atoms with Crippen LogP contribution in [0.25, 0.3) is 11.0 Å². The minimum absolute atomic E-state index is 0.442. The van der Waals surface area contributed by atoms with Crippen LogP contribution in [0.1, 0.15) is 18.1 Å². The Morgan fingerprint density at radius 1 is 1.08 bits per heavy atom. The highest BCUT2D eigenvalue weighted by Gasteiger charge is 2.23. The molecule has 0 bridgehead atoms. The molecule has 3 N–H and O–H groups in total. The summed E-state index contributed by atoms with van der Waals surface area (Å²) in [5.74, 6) is 0.690. The summed E-state index contributed by atoms with van der Waals surface area (Å²) >= 11 is 0. The Bertz CT molecular complexity index is 826. The molecule has 25 heavy (non-hydrogen) atoms. The molecule has 1 aromatic heterocycles. The number of imidazole rings is 1. The number of aliphatic hydroxyl groups excluding tert-OH is 1. The molecule has 2 aromatic carbocycles. The predicted molar refractivity (Wildman–Crippen MR) is 101 cm³/mol. The average Bonchev–Trinajstić information content (AvgIpc) is 2.88. The third-order valence-corrected chi connectivity index (χ3v) is 4.54. The standard InChI is InChI=1S/C20H26N4O/c1-22(2)13-8-14-23-17-11-6-7-12-18(17)24(20(23)21)15-19(25)16-9-4-3-5-10-16/h3-7,9-12,19,21,25H,8,13-15H2,1-2H3/p+1/t19-/m0/s1. The van der Waals surface area contributed by atoms with Gasteiger partial charge in [0.25, 0.3) is 0 Å². The number of rotatable bonds is 7. The minimum Gasteiger partial charge on any atom is -0.385 e. The third-order valence-electron chi connectivity index (χ3n) is 4.54. The normalized spacial score (nSPS) is 12.8. The van der Waals surface area contributed by atoms with Crippen molar-refractivity contribution in [3.8, 4) is 0 Å². The van der Waals surface area contributed by atoms with E-state index in [0.717, 1.165) is 36.1 Å². The first-order valence-electron chi connectivity index (χ1n) is 8.72. The molecule has 0 unspecified atom stereocenters. The summed E-state index contributed by atoms with van der Waals surface area (Å²) < 4.78 is 4.17. The maximum Gasteiger partial charge on any atom is 0.356 e. The molecule has 1 atom stereocenters. The highest BCUT2D eigenvalue weighted by atomic mass is 16.3. The van der Waals surface area contributed by atoms with E-state index in [1.54, 1.807) is 0 Å². The van der Waals surface area contributed by atoms with Crippen molar-refractivity contribution in [3.05, 3.63) is 60.2 Å². The van der Waals surface area contributed by atoms with E-state index in [4.69, 9.17) is 5.73 Å². The van der Waals surface area contributed by atoms with Crippen LogP contribution in [-0.4, -0.2) is 35.2 Å². The molecule has 132 valence electrons. The predicted octanol–water partition coefficient (Wildman–Crippen LogP) is 2.20. The van der Waals surface area contributed by atoms with Gasteiger partial charge in [-0.1, -0.05) is 42.5 Å². The molecular formula is C20H27N4O+. The fourth-order valence-corrected chi connectivity index (χ4v) is 3.24. The number of hydrogen-bond acceptors (Lipinski definition) is 3. The monoisotopic (exact) mass is 339 g/mol. The number of nitrogens with two attached hydrogens (primary N) is 1. The number of hydrogen-bond donors (Lipinski definition) is 2. The summed E-state index contributed by atoms with van der Waals surface area (Å²) in [6.07, 6.45) is 0.437. The van der Waals surface area contributed by atoms with Crippen LogP contribution in [0.5, 0.6) is 0 Å². The molecule has 0 aliphatic carbocycles. The largest absolute Gasteiger partial charge is 0.385 e. The van der Waals surface area contributed by atoms with E-state index in [-0.39, 0.29) is 0 Å². The first-order chi connectivity index (χ1) is 12.1. The lowest BCUT2D eigenvalue weighted by Crippen LogP contribution is -2.39. The minimum atomic E-state index is -0.588. The SMILES string of the molecule is CN(C)CCCn1c(N)[n+](C[C@H](O)c2ccccc2)c2ccccc21. The number of para-hydroxylation sites is 2. The molecule has 0 fully saturated rings. The van der Waals surface area contributed by atoms with Gasteiger partial charge in [-0.05, 0) is 38.2 Å². The van der Waals surface area contributed by atoms with E-state index in [0.29, 0.717) is 12.5 Å². The zero-order chi connectivity index (χ0) is 17.8. The number of aryl methyl sites for hydroxylation is 1. The number of benzene rings is 2. The Kier molecular flexibility index (Phi) is 5.36. The van der Waals surface area contributed by atoms with Crippen molar-refractivity contribution in [1.29, 1.82) is 0 Å². The molecule has 0 amide bonds. The molecule has 0 saturated carbocycles. The molecule has 1 heterocycles. The number of aliphatic hydroxyl groups is 1. The maximum atomic E-state index is 10.6. The second-order valence-corrected chi connectivity index (χ2v) is 6.69. The summed E-state index contributed by atoms with van der Waals surface area (Å²) in [5.41, 5.74) is 9.53. The topological polar surface area (TPSA) is 58.3 Å².